The molecule has 3 nitrogen and oxygen atoms in total. The van der Waals surface area contributed by atoms with Crippen LogP contribution >= 0.6 is 0 Å². The third-order valence-corrected chi connectivity index (χ3v) is 6.33. The van der Waals surface area contributed by atoms with Crippen LogP contribution in [-0.4, -0.2) is 16.6 Å². The molecule has 4 aliphatic carbocycles. The van der Waals surface area contributed by atoms with E-state index in [4.69, 9.17) is 0 Å². The summed E-state index contributed by atoms with van der Waals surface area (Å²) in [6.07, 6.45) is 7.87. The molecular formula is C20H27NO2. The molecule has 4 aliphatic rings. The van der Waals surface area contributed by atoms with Gasteiger partial charge >= 0.3 is 0 Å². The number of anilines is 1. The van der Waals surface area contributed by atoms with E-state index < -0.39 is 5.60 Å². The minimum absolute atomic E-state index is 0.0479. The number of carbonyl (C=O) groups excluding carboxylic acids is 1. The molecule has 0 saturated heterocycles. The van der Waals surface area contributed by atoms with Gasteiger partial charge in [0.05, 0.1) is 5.60 Å². The zero-order valence-corrected chi connectivity index (χ0v) is 14.0. The summed E-state index contributed by atoms with van der Waals surface area (Å²) in [4.78, 5) is 12.6. The van der Waals surface area contributed by atoms with E-state index in [1.165, 1.54) is 12.0 Å². The molecule has 2 atom stereocenters. The van der Waals surface area contributed by atoms with Crippen LogP contribution in [0, 0.1) is 17.3 Å². The lowest BCUT2D eigenvalue weighted by molar-refractivity contribution is -0.167. The first-order valence-corrected chi connectivity index (χ1v) is 9.09. The average molecular weight is 313 g/mol. The highest BCUT2D eigenvalue weighted by atomic mass is 16.3. The Morgan fingerprint density at radius 2 is 1.83 bits per heavy atom. The van der Waals surface area contributed by atoms with Gasteiger partial charge in [0.1, 0.15) is 0 Å². The van der Waals surface area contributed by atoms with Crippen molar-refractivity contribution in [2.75, 3.05) is 5.32 Å². The van der Waals surface area contributed by atoms with Crippen molar-refractivity contribution in [1.82, 2.24) is 0 Å². The Kier molecular flexibility index (Phi) is 3.53. The van der Waals surface area contributed by atoms with Crippen LogP contribution in [0.4, 0.5) is 5.69 Å². The first kappa shape index (κ1) is 15.2. The maximum absolute atomic E-state index is 12.6. The largest absolute Gasteiger partial charge is 0.390 e. The molecule has 0 spiro atoms. The normalized spacial score (nSPS) is 37.8. The van der Waals surface area contributed by atoms with Gasteiger partial charge in [-0.2, -0.15) is 0 Å². The number of hydrogen-bond acceptors (Lipinski definition) is 2. The van der Waals surface area contributed by atoms with Crippen LogP contribution in [-0.2, 0) is 11.2 Å². The Labute approximate surface area is 138 Å². The first-order chi connectivity index (χ1) is 11.0. The molecule has 0 aromatic heterocycles. The first-order valence-electron chi connectivity index (χ1n) is 9.09. The number of carbonyl (C=O) groups is 1. The molecule has 0 radical (unpaired) electrons. The molecule has 1 aromatic rings. The fourth-order valence-electron chi connectivity index (χ4n) is 5.98. The number of aryl methyl sites for hydroxylation is 1. The van der Waals surface area contributed by atoms with E-state index in [1.54, 1.807) is 0 Å². The van der Waals surface area contributed by atoms with Crippen LogP contribution in [0.1, 0.15) is 57.4 Å². The molecule has 23 heavy (non-hydrogen) atoms. The Morgan fingerprint density at radius 3 is 2.39 bits per heavy atom. The van der Waals surface area contributed by atoms with Crippen LogP contribution in [0.15, 0.2) is 24.3 Å². The second-order valence-corrected chi connectivity index (χ2v) is 8.46. The highest BCUT2D eigenvalue weighted by molar-refractivity contribution is 5.91. The maximum Gasteiger partial charge on any atom is 0.224 e. The summed E-state index contributed by atoms with van der Waals surface area (Å²) in [5, 5.41) is 13.9. The smallest absolute Gasteiger partial charge is 0.224 e. The van der Waals surface area contributed by atoms with Gasteiger partial charge in [-0.1, -0.05) is 19.1 Å². The second-order valence-electron chi connectivity index (χ2n) is 8.46. The van der Waals surface area contributed by atoms with Gasteiger partial charge in [0.15, 0.2) is 0 Å². The molecule has 1 amide bonds. The molecule has 3 heteroatoms. The summed E-state index contributed by atoms with van der Waals surface area (Å²) < 4.78 is 0. The molecule has 5 rings (SSSR count). The summed E-state index contributed by atoms with van der Waals surface area (Å²) >= 11 is 0. The molecule has 1 aromatic carbocycles. The van der Waals surface area contributed by atoms with E-state index in [0.717, 1.165) is 44.2 Å². The fraction of sp³-hybridized carbons (Fsp3) is 0.650. The number of aliphatic hydroxyl groups is 1. The molecule has 4 bridgehead atoms. The van der Waals surface area contributed by atoms with Crippen molar-refractivity contribution in [3.8, 4) is 0 Å². The van der Waals surface area contributed by atoms with Gasteiger partial charge in [0.25, 0.3) is 0 Å². The van der Waals surface area contributed by atoms with Crippen molar-refractivity contribution >= 4 is 11.6 Å². The Hall–Kier alpha value is -1.35. The van der Waals surface area contributed by atoms with E-state index in [0.29, 0.717) is 18.3 Å². The minimum Gasteiger partial charge on any atom is -0.390 e. The van der Waals surface area contributed by atoms with E-state index in [-0.39, 0.29) is 11.3 Å². The van der Waals surface area contributed by atoms with Crippen LogP contribution in [0.5, 0.6) is 0 Å². The van der Waals surface area contributed by atoms with Gasteiger partial charge in [-0.3, -0.25) is 4.79 Å². The van der Waals surface area contributed by atoms with E-state index in [9.17, 15) is 9.90 Å². The molecule has 4 saturated carbocycles. The molecule has 124 valence electrons. The van der Waals surface area contributed by atoms with Crippen molar-refractivity contribution in [3.63, 3.8) is 0 Å². The Bertz CT molecular complexity index is 593. The van der Waals surface area contributed by atoms with Crippen molar-refractivity contribution in [3.05, 3.63) is 29.8 Å². The highest BCUT2D eigenvalue weighted by Gasteiger charge is 2.57. The molecule has 4 fully saturated rings. The molecule has 0 heterocycles. The van der Waals surface area contributed by atoms with Crippen LogP contribution in [0.2, 0.25) is 0 Å². The number of hydrogen-bond donors (Lipinski definition) is 2. The lowest BCUT2D eigenvalue weighted by Crippen LogP contribution is -2.56. The molecule has 2 N–H and O–H groups in total. The van der Waals surface area contributed by atoms with Crippen molar-refractivity contribution in [2.24, 2.45) is 17.3 Å². The summed E-state index contributed by atoms with van der Waals surface area (Å²) in [6, 6.07) is 8.13. The second kappa shape index (κ2) is 5.34. The zero-order valence-electron chi connectivity index (χ0n) is 14.0. The summed E-state index contributed by atoms with van der Waals surface area (Å²) in [5.74, 6) is 1.38. The minimum atomic E-state index is -0.479. The molecule has 0 aliphatic heterocycles. The maximum atomic E-state index is 12.6. The zero-order chi connectivity index (χ0) is 16.1. The van der Waals surface area contributed by atoms with Gasteiger partial charge in [0.2, 0.25) is 5.91 Å². The monoisotopic (exact) mass is 313 g/mol. The third kappa shape index (κ3) is 2.91. The van der Waals surface area contributed by atoms with Crippen LogP contribution in [0.3, 0.4) is 0 Å². The highest BCUT2D eigenvalue weighted by Crippen LogP contribution is 2.62. The number of nitrogens with one attached hydrogen (secondary N) is 1. The van der Waals surface area contributed by atoms with E-state index in [2.05, 4.69) is 24.4 Å². The Morgan fingerprint density at radius 1 is 1.17 bits per heavy atom. The predicted molar refractivity (Wildman–Crippen MR) is 91.1 cm³/mol. The molecule has 2 unspecified atom stereocenters. The lowest BCUT2D eigenvalue weighted by Gasteiger charge is -2.60. The number of amides is 1. The summed E-state index contributed by atoms with van der Waals surface area (Å²) in [7, 11) is 0. The predicted octanol–water partition coefficient (Wildman–Crippen LogP) is 3.91. The van der Waals surface area contributed by atoms with Gasteiger partial charge in [-0.05, 0) is 79.9 Å². The quantitative estimate of drug-likeness (QED) is 0.885. The Balaban J connectivity index is 1.44. The summed E-state index contributed by atoms with van der Waals surface area (Å²) in [6.45, 7) is 2.13. The van der Waals surface area contributed by atoms with Crippen molar-refractivity contribution < 1.29 is 9.90 Å². The lowest BCUT2D eigenvalue weighted by atomic mass is 9.47. The fourth-order valence-corrected chi connectivity index (χ4v) is 5.98. The topological polar surface area (TPSA) is 49.3 Å². The SMILES string of the molecule is CCc1ccc(NC(=O)CC23CC4CC(CC(O)(C4)C2)C3)cc1. The van der Waals surface area contributed by atoms with Crippen molar-refractivity contribution in [1.29, 1.82) is 0 Å². The van der Waals surface area contributed by atoms with Crippen LogP contribution < -0.4 is 5.32 Å². The standard InChI is InChI=1S/C20H27NO2/c1-2-14-3-5-17(6-4-14)21-18(22)12-19-8-15-7-16(9-19)11-20(23,10-15)13-19/h3-6,15-16,23H,2,7-13H2,1H3,(H,21,22). The van der Waals surface area contributed by atoms with E-state index >= 15 is 0 Å². The summed E-state index contributed by atoms with van der Waals surface area (Å²) in [5.41, 5.74) is 1.74. The van der Waals surface area contributed by atoms with Gasteiger partial charge < -0.3 is 10.4 Å². The van der Waals surface area contributed by atoms with Gasteiger partial charge in [0, 0.05) is 12.1 Å². The van der Waals surface area contributed by atoms with Crippen molar-refractivity contribution in [2.45, 2.75) is 63.9 Å². The average Bonchev–Trinajstić information content (AvgIpc) is 2.44. The molecular weight excluding hydrogens is 286 g/mol. The van der Waals surface area contributed by atoms with E-state index in [1.807, 2.05) is 12.1 Å². The third-order valence-electron chi connectivity index (χ3n) is 6.33. The number of rotatable bonds is 4. The van der Waals surface area contributed by atoms with Gasteiger partial charge in [-0.25, -0.2) is 0 Å². The number of benzene rings is 1. The van der Waals surface area contributed by atoms with Gasteiger partial charge in [-0.15, -0.1) is 0 Å². The van der Waals surface area contributed by atoms with Crippen LogP contribution in [0.25, 0.3) is 0 Å².